The van der Waals surface area contributed by atoms with Crippen LogP contribution in [0.25, 0.3) is 0 Å². The van der Waals surface area contributed by atoms with Crippen molar-refractivity contribution in [1.29, 1.82) is 0 Å². The molecule has 0 heterocycles. The lowest BCUT2D eigenvalue weighted by Gasteiger charge is -2.20. The van der Waals surface area contributed by atoms with Crippen LogP contribution < -0.4 is 5.32 Å². The normalized spacial score (nSPS) is 13.3. The molecule has 0 aliphatic heterocycles. The molecule has 0 aliphatic carbocycles. The second-order valence-corrected chi connectivity index (χ2v) is 13.3. The number of unbranched alkanes of at least 4 members (excludes halogenated alkanes) is 26. The summed E-state index contributed by atoms with van der Waals surface area (Å²) in [5, 5.41) is 22.9. The number of hydrogen-bond donors (Lipinski definition) is 3. The predicted octanol–water partition coefficient (Wildman–Crippen LogP) is 11.7. The Morgan fingerprint density at radius 2 is 0.864 bits per heavy atom. The van der Waals surface area contributed by atoms with Crippen molar-refractivity contribution in [3.05, 3.63) is 24.3 Å². The van der Waals surface area contributed by atoms with E-state index in [9.17, 15) is 15.0 Å². The van der Waals surface area contributed by atoms with Crippen LogP contribution in [0, 0.1) is 0 Å². The Labute approximate surface area is 275 Å². The molecular formula is C40H77NO3. The van der Waals surface area contributed by atoms with Gasteiger partial charge in [-0.25, -0.2) is 0 Å². The molecule has 0 bridgehead atoms. The molecule has 0 fully saturated rings. The smallest absolute Gasteiger partial charge is 0.220 e. The largest absolute Gasteiger partial charge is 0.394 e. The number of aliphatic hydroxyl groups is 2. The van der Waals surface area contributed by atoms with Crippen molar-refractivity contribution in [2.24, 2.45) is 0 Å². The van der Waals surface area contributed by atoms with Gasteiger partial charge < -0.3 is 15.5 Å². The molecule has 44 heavy (non-hydrogen) atoms. The first-order valence-corrected chi connectivity index (χ1v) is 19.6. The molecule has 0 radical (unpaired) electrons. The second kappa shape index (κ2) is 36.3. The van der Waals surface area contributed by atoms with Crippen LogP contribution in [0.15, 0.2) is 24.3 Å². The van der Waals surface area contributed by atoms with Crippen LogP contribution in [0.4, 0.5) is 0 Å². The van der Waals surface area contributed by atoms with Crippen molar-refractivity contribution < 1.29 is 15.0 Å². The number of carbonyl (C=O) groups is 1. The van der Waals surface area contributed by atoms with E-state index in [1.165, 1.54) is 161 Å². The van der Waals surface area contributed by atoms with Crippen molar-refractivity contribution in [1.82, 2.24) is 5.32 Å². The Bertz CT molecular complexity index is 632. The number of amides is 1. The van der Waals surface area contributed by atoms with Crippen LogP contribution in [0.5, 0.6) is 0 Å². The Balaban J connectivity index is 3.58. The first-order chi connectivity index (χ1) is 21.7. The Morgan fingerprint density at radius 1 is 0.523 bits per heavy atom. The molecule has 0 spiro atoms. The summed E-state index contributed by atoms with van der Waals surface area (Å²) in [4.78, 5) is 12.3. The minimum Gasteiger partial charge on any atom is -0.394 e. The van der Waals surface area contributed by atoms with Crippen molar-refractivity contribution in [3.63, 3.8) is 0 Å². The van der Waals surface area contributed by atoms with E-state index in [2.05, 4.69) is 31.3 Å². The fourth-order valence-corrected chi connectivity index (χ4v) is 5.88. The molecule has 4 heteroatoms. The molecule has 0 saturated carbocycles. The molecule has 4 nitrogen and oxygen atoms in total. The number of carbonyl (C=O) groups excluding carboxylic acids is 1. The lowest BCUT2D eigenvalue weighted by molar-refractivity contribution is -0.123. The number of nitrogens with one attached hydrogen (secondary N) is 1. The summed E-state index contributed by atoms with van der Waals surface area (Å²) < 4.78 is 0. The zero-order valence-electron chi connectivity index (χ0n) is 29.7. The highest BCUT2D eigenvalue weighted by atomic mass is 16.3. The van der Waals surface area contributed by atoms with Gasteiger partial charge in [0.15, 0.2) is 0 Å². The maximum absolute atomic E-state index is 12.3. The van der Waals surface area contributed by atoms with Gasteiger partial charge in [-0.2, -0.15) is 0 Å². The van der Waals surface area contributed by atoms with Gasteiger partial charge in [0, 0.05) is 6.42 Å². The van der Waals surface area contributed by atoms with E-state index in [4.69, 9.17) is 0 Å². The molecule has 1 amide bonds. The van der Waals surface area contributed by atoms with Gasteiger partial charge in [0.1, 0.15) is 0 Å². The molecule has 3 N–H and O–H groups in total. The summed E-state index contributed by atoms with van der Waals surface area (Å²) in [6.45, 7) is 4.30. The van der Waals surface area contributed by atoms with Crippen molar-refractivity contribution in [2.75, 3.05) is 6.61 Å². The third kappa shape index (κ3) is 32.3. The summed E-state index contributed by atoms with van der Waals surface area (Å²) in [6, 6.07) is -0.619. The van der Waals surface area contributed by atoms with Gasteiger partial charge in [-0.05, 0) is 44.9 Å². The van der Waals surface area contributed by atoms with Crippen molar-refractivity contribution in [3.8, 4) is 0 Å². The SMILES string of the molecule is CCCCCCCC/C=C/CCCCCCCCCCCC(=O)N[C@@H](CO)[C@H](O)/C=C/CCCCCCCCCCCCC. The van der Waals surface area contributed by atoms with Crippen molar-refractivity contribution in [2.45, 2.75) is 219 Å². The first-order valence-electron chi connectivity index (χ1n) is 19.6. The number of hydrogen-bond acceptors (Lipinski definition) is 3. The minimum absolute atomic E-state index is 0.0668. The molecule has 0 aromatic rings. The Kier molecular flexibility index (Phi) is 35.4. The third-order valence-electron chi connectivity index (χ3n) is 8.93. The number of rotatable bonds is 35. The summed E-state index contributed by atoms with van der Waals surface area (Å²) in [7, 11) is 0. The molecule has 260 valence electrons. The molecule has 0 aliphatic rings. The zero-order valence-corrected chi connectivity index (χ0v) is 29.7. The van der Waals surface area contributed by atoms with Gasteiger partial charge in [-0.15, -0.1) is 0 Å². The standard InChI is InChI=1S/C40H77NO3/c1-3-5-7-9-11-13-15-17-18-19-20-21-22-24-26-28-30-32-34-36-40(44)41-38(37-42)39(43)35-33-31-29-27-25-23-16-14-12-10-8-6-4-2/h17-18,33,35,38-39,42-43H,3-16,19-32,34,36-37H2,1-2H3,(H,41,44)/b18-17+,35-33+/t38-,39+/m0/s1. The summed E-state index contributed by atoms with van der Waals surface area (Å²) in [5.74, 6) is -0.0668. The first kappa shape index (κ1) is 42.9. The maximum Gasteiger partial charge on any atom is 0.220 e. The fraction of sp³-hybridized carbons (Fsp3) is 0.875. The van der Waals surface area contributed by atoms with Gasteiger partial charge >= 0.3 is 0 Å². The second-order valence-electron chi connectivity index (χ2n) is 13.3. The Hall–Kier alpha value is -1.13. The topological polar surface area (TPSA) is 69.6 Å². The fourth-order valence-electron chi connectivity index (χ4n) is 5.88. The van der Waals surface area contributed by atoms with Crippen LogP contribution in [0.1, 0.15) is 206 Å². The lowest BCUT2D eigenvalue weighted by atomic mass is 10.0. The average Bonchev–Trinajstić information content (AvgIpc) is 3.03. The summed E-state index contributed by atoms with van der Waals surface area (Å²) in [5.41, 5.74) is 0. The van der Waals surface area contributed by atoms with E-state index in [0.29, 0.717) is 6.42 Å². The van der Waals surface area contributed by atoms with E-state index >= 15 is 0 Å². The highest BCUT2D eigenvalue weighted by Crippen LogP contribution is 2.14. The maximum atomic E-state index is 12.3. The van der Waals surface area contributed by atoms with Gasteiger partial charge in [-0.3, -0.25) is 4.79 Å². The monoisotopic (exact) mass is 620 g/mol. The molecule has 0 rings (SSSR count). The van der Waals surface area contributed by atoms with Gasteiger partial charge in [0.25, 0.3) is 0 Å². The molecule has 0 aromatic heterocycles. The third-order valence-corrected chi connectivity index (χ3v) is 8.93. The van der Waals surface area contributed by atoms with E-state index in [1.807, 2.05) is 6.08 Å². The van der Waals surface area contributed by atoms with Crippen LogP contribution >= 0.6 is 0 Å². The average molecular weight is 620 g/mol. The molecule has 0 aromatic carbocycles. The predicted molar refractivity (Wildman–Crippen MR) is 193 cm³/mol. The molecule has 0 saturated heterocycles. The zero-order chi connectivity index (χ0) is 32.2. The van der Waals surface area contributed by atoms with Gasteiger partial charge in [-0.1, -0.05) is 179 Å². The lowest BCUT2D eigenvalue weighted by Crippen LogP contribution is -2.45. The van der Waals surface area contributed by atoms with E-state index in [0.717, 1.165) is 25.7 Å². The van der Waals surface area contributed by atoms with E-state index in [1.54, 1.807) is 6.08 Å². The van der Waals surface area contributed by atoms with E-state index in [-0.39, 0.29) is 12.5 Å². The van der Waals surface area contributed by atoms with Crippen LogP contribution in [-0.4, -0.2) is 34.9 Å². The molecular weight excluding hydrogens is 542 g/mol. The number of aliphatic hydroxyl groups excluding tert-OH is 2. The minimum atomic E-state index is -0.835. The van der Waals surface area contributed by atoms with E-state index < -0.39 is 12.1 Å². The Morgan fingerprint density at radius 3 is 1.25 bits per heavy atom. The molecule has 0 unspecified atom stereocenters. The van der Waals surface area contributed by atoms with Gasteiger partial charge in [0.2, 0.25) is 5.91 Å². The van der Waals surface area contributed by atoms with Crippen molar-refractivity contribution >= 4 is 5.91 Å². The summed E-state index contributed by atoms with van der Waals surface area (Å²) >= 11 is 0. The van der Waals surface area contributed by atoms with Crippen LogP contribution in [0.2, 0.25) is 0 Å². The molecule has 2 atom stereocenters. The van der Waals surface area contributed by atoms with Gasteiger partial charge in [0.05, 0.1) is 18.8 Å². The quantitative estimate of drug-likeness (QED) is 0.0488. The number of allylic oxidation sites excluding steroid dienone is 3. The van der Waals surface area contributed by atoms with Crippen LogP contribution in [0.3, 0.4) is 0 Å². The highest BCUT2D eigenvalue weighted by molar-refractivity contribution is 5.76. The summed E-state index contributed by atoms with van der Waals surface area (Å²) in [6.07, 6.45) is 45.5. The van der Waals surface area contributed by atoms with Crippen LogP contribution in [-0.2, 0) is 4.79 Å². The highest BCUT2D eigenvalue weighted by Gasteiger charge is 2.17.